The van der Waals surface area contributed by atoms with Gasteiger partial charge in [-0.05, 0) is 103 Å². The molecule has 0 fully saturated rings. The van der Waals surface area contributed by atoms with Crippen LogP contribution in [0.15, 0.2) is 97.2 Å². The van der Waals surface area contributed by atoms with Gasteiger partial charge in [0.05, 0.1) is 13.2 Å². The molecular formula is C48H80NO8P. The van der Waals surface area contributed by atoms with Crippen LogP contribution in [0.2, 0.25) is 0 Å². The Kier molecular flexibility index (Phi) is 41.2. The average molecular weight is 830 g/mol. The molecule has 0 radical (unpaired) electrons. The standard InChI is InChI=1S/C48H80NO8P/c1-4-6-8-10-12-14-16-18-20-22-23-25-27-29-31-33-35-37-39-41-48(51)57-46(45-56-58(52,53)55-43-42-49-3)44-54-47(50)40-38-36-34-32-30-28-26-24-21-19-17-15-13-11-9-7-5-2/h12-15,18-21,23,25-26,28-29,31-32,34,46,49H,4-11,16-17,22,24,27,30,33,35-45H2,1-3H3,(H,52,53)/b14-12-,15-13-,20-18-,21-19-,25-23-,28-26-,31-29-,34-32-. The number of allylic oxidation sites excluding steroid dienone is 16. The number of esters is 2. The summed E-state index contributed by atoms with van der Waals surface area (Å²) >= 11 is 0. The van der Waals surface area contributed by atoms with Gasteiger partial charge in [-0.3, -0.25) is 18.6 Å². The van der Waals surface area contributed by atoms with E-state index in [0.717, 1.165) is 64.2 Å². The van der Waals surface area contributed by atoms with Crippen molar-refractivity contribution in [2.45, 2.75) is 161 Å². The molecule has 10 heteroatoms. The lowest BCUT2D eigenvalue weighted by Crippen LogP contribution is -2.29. The summed E-state index contributed by atoms with van der Waals surface area (Å²) in [5.74, 6) is -0.919. The lowest BCUT2D eigenvalue weighted by Gasteiger charge is -2.20. The zero-order valence-electron chi connectivity index (χ0n) is 36.5. The second kappa shape index (κ2) is 43.5. The van der Waals surface area contributed by atoms with E-state index in [9.17, 15) is 19.0 Å². The number of phosphoric ester groups is 1. The molecule has 0 spiro atoms. The highest BCUT2D eigenvalue weighted by molar-refractivity contribution is 7.47. The first-order chi connectivity index (χ1) is 28.3. The van der Waals surface area contributed by atoms with Gasteiger partial charge < -0.3 is 19.7 Å². The van der Waals surface area contributed by atoms with E-state index in [2.05, 4.69) is 110 Å². The Morgan fingerprint density at radius 2 is 0.948 bits per heavy atom. The topological polar surface area (TPSA) is 120 Å². The van der Waals surface area contributed by atoms with Crippen molar-refractivity contribution < 1.29 is 37.6 Å². The van der Waals surface area contributed by atoms with E-state index in [1.54, 1.807) is 7.05 Å². The fraction of sp³-hybridized carbons (Fsp3) is 0.625. The largest absolute Gasteiger partial charge is 0.472 e. The van der Waals surface area contributed by atoms with Crippen molar-refractivity contribution >= 4 is 19.8 Å². The molecule has 2 N–H and O–H groups in total. The maximum Gasteiger partial charge on any atom is 0.472 e. The van der Waals surface area contributed by atoms with Crippen LogP contribution in [0, 0.1) is 0 Å². The molecule has 9 nitrogen and oxygen atoms in total. The van der Waals surface area contributed by atoms with E-state index in [-0.39, 0.29) is 26.1 Å². The molecule has 0 aliphatic heterocycles. The van der Waals surface area contributed by atoms with Crippen molar-refractivity contribution in [2.24, 2.45) is 0 Å². The SMILES string of the molecule is CCCCC/C=C\C/C=C\C/C=C\C/C=C\CCCCCC(=O)OC(COC(=O)CCC/C=C\C/C=C\C/C=C\C/C=C\CCCCC)COP(=O)(O)OCCNC. The Morgan fingerprint density at radius 1 is 0.534 bits per heavy atom. The molecule has 0 aromatic rings. The van der Waals surface area contributed by atoms with Crippen molar-refractivity contribution in [2.75, 3.05) is 33.4 Å². The number of hydrogen-bond donors (Lipinski definition) is 2. The van der Waals surface area contributed by atoms with Crippen LogP contribution in [-0.4, -0.2) is 56.3 Å². The van der Waals surface area contributed by atoms with Crippen molar-refractivity contribution in [1.29, 1.82) is 0 Å². The maximum atomic E-state index is 12.6. The van der Waals surface area contributed by atoms with Crippen LogP contribution < -0.4 is 5.32 Å². The minimum Gasteiger partial charge on any atom is -0.462 e. The predicted molar refractivity (Wildman–Crippen MR) is 243 cm³/mol. The van der Waals surface area contributed by atoms with E-state index in [4.69, 9.17) is 18.5 Å². The summed E-state index contributed by atoms with van der Waals surface area (Å²) in [6.45, 7) is 4.04. The van der Waals surface area contributed by atoms with Crippen LogP contribution in [0.4, 0.5) is 0 Å². The molecule has 0 aliphatic rings. The summed E-state index contributed by atoms with van der Waals surface area (Å²) in [6.07, 6.45) is 54.6. The third-order valence-corrected chi connectivity index (χ3v) is 9.66. The second-order valence-electron chi connectivity index (χ2n) is 14.2. The molecule has 0 bridgehead atoms. The lowest BCUT2D eigenvalue weighted by atomic mass is 10.1. The van der Waals surface area contributed by atoms with Crippen molar-refractivity contribution in [1.82, 2.24) is 5.32 Å². The zero-order chi connectivity index (χ0) is 42.5. The van der Waals surface area contributed by atoms with Gasteiger partial charge >= 0.3 is 19.8 Å². The summed E-state index contributed by atoms with van der Waals surface area (Å²) in [6, 6.07) is 0. The van der Waals surface area contributed by atoms with Crippen molar-refractivity contribution in [3.63, 3.8) is 0 Å². The highest BCUT2D eigenvalue weighted by Gasteiger charge is 2.26. The minimum atomic E-state index is -4.38. The van der Waals surface area contributed by atoms with Crippen LogP contribution in [0.25, 0.3) is 0 Å². The number of unbranched alkanes of at least 4 members (excludes halogenated alkanes) is 10. The lowest BCUT2D eigenvalue weighted by molar-refractivity contribution is -0.161. The normalized spacial score (nSPS) is 14.2. The fourth-order valence-electron chi connectivity index (χ4n) is 5.29. The highest BCUT2D eigenvalue weighted by Crippen LogP contribution is 2.43. The number of nitrogens with one attached hydrogen (secondary N) is 1. The number of hydrogen-bond acceptors (Lipinski definition) is 8. The van der Waals surface area contributed by atoms with Crippen LogP contribution in [0.1, 0.15) is 155 Å². The molecule has 0 saturated carbocycles. The van der Waals surface area contributed by atoms with Gasteiger partial charge in [0, 0.05) is 19.4 Å². The third-order valence-electron chi connectivity index (χ3n) is 8.68. The average Bonchev–Trinajstić information content (AvgIpc) is 3.21. The second-order valence-corrected chi connectivity index (χ2v) is 15.6. The first-order valence-electron chi connectivity index (χ1n) is 22.2. The molecule has 330 valence electrons. The summed E-state index contributed by atoms with van der Waals surface area (Å²) in [7, 11) is -2.69. The van der Waals surface area contributed by atoms with E-state index < -0.39 is 32.5 Å². The molecule has 0 rings (SSSR count). The molecule has 2 atom stereocenters. The summed E-state index contributed by atoms with van der Waals surface area (Å²) in [5, 5.41) is 2.81. The van der Waals surface area contributed by atoms with Gasteiger partial charge in [0.2, 0.25) is 0 Å². The van der Waals surface area contributed by atoms with Crippen LogP contribution in [-0.2, 0) is 32.7 Å². The molecule has 0 saturated heterocycles. The van der Waals surface area contributed by atoms with Gasteiger partial charge in [-0.25, -0.2) is 4.57 Å². The minimum absolute atomic E-state index is 0.0375. The molecule has 0 heterocycles. The number of phosphoric acid groups is 1. The number of ether oxygens (including phenoxy) is 2. The van der Waals surface area contributed by atoms with Gasteiger partial charge in [-0.1, -0.05) is 143 Å². The monoisotopic (exact) mass is 830 g/mol. The smallest absolute Gasteiger partial charge is 0.462 e. The van der Waals surface area contributed by atoms with E-state index in [1.807, 2.05) is 6.08 Å². The molecule has 58 heavy (non-hydrogen) atoms. The predicted octanol–water partition coefficient (Wildman–Crippen LogP) is 12.9. The van der Waals surface area contributed by atoms with Crippen LogP contribution in [0.3, 0.4) is 0 Å². The van der Waals surface area contributed by atoms with Crippen LogP contribution in [0.5, 0.6) is 0 Å². The number of carbonyl (C=O) groups excluding carboxylic acids is 2. The van der Waals surface area contributed by atoms with Gasteiger partial charge in [0.15, 0.2) is 6.10 Å². The summed E-state index contributed by atoms with van der Waals surface area (Å²) < 4.78 is 33.1. The zero-order valence-corrected chi connectivity index (χ0v) is 37.3. The highest BCUT2D eigenvalue weighted by atomic mass is 31.2. The number of carbonyl (C=O) groups is 2. The van der Waals surface area contributed by atoms with Gasteiger partial charge in [-0.2, -0.15) is 0 Å². The number of likely N-dealkylation sites (N-methyl/N-ethyl adjacent to an activating group) is 1. The van der Waals surface area contributed by atoms with Gasteiger partial charge in [0.1, 0.15) is 6.61 Å². The molecule has 0 aromatic carbocycles. The molecule has 2 unspecified atom stereocenters. The Morgan fingerprint density at radius 3 is 1.40 bits per heavy atom. The Balaban J connectivity index is 4.40. The van der Waals surface area contributed by atoms with E-state index in [1.165, 1.54) is 51.4 Å². The van der Waals surface area contributed by atoms with Crippen LogP contribution >= 0.6 is 7.82 Å². The molecule has 0 aliphatic carbocycles. The van der Waals surface area contributed by atoms with Crippen molar-refractivity contribution in [3.8, 4) is 0 Å². The van der Waals surface area contributed by atoms with E-state index >= 15 is 0 Å². The molecule has 0 amide bonds. The van der Waals surface area contributed by atoms with Gasteiger partial charge in [0.25, 0.3) is 0 Å². The summed E-state index contributed by atoms with van der Waals surface area (Å²) in [5.41, 5.74) is 0. The van der Waals surface area contributed by atoms with Gasteiger partial charge in [-0.15, -0.1) is 0 Å². The van der Waals surface area contributed by atoms with E-state index in [0.29, 0.717) is 19.4 Å². The Labute approximate surface area is 353 Å². The first-order valence-corrected chi connectivity index (χ1v) is 23.7. The van der Waals surface area contributed by atoms with Crippen molar-refractivity contribution in [3.05, 3.63) is 97.2 Å². The molecule has 0 aromatic heterocycles. The molecular weight excluding hydrogens is 750 g/mol. The maximum absolute atomic E-state index is 12.6. The Bertz CT molecular complexity index is 1270. The number of rotatable bonds is 40. The summed E-state index contributed by atoms with van der Waals surface area (Å²) in [4.78, 5) is 35.1. The first kappa shape index (κ1) is 54.9. The third kappa shape index (κ3) is 42.5. The quantitative estimate of drug-likeness (QED) is 0.0269. The Hall–Kier alpha value is -3.07. The fourth-order valence-corrected chi connectivity index (χ4v) is 6.04.